The van der Waals surface area contributed by atoms with E-state index in [0.717, 1.165) is 0 Å². The van der Waals surface area contributed by atoms with Crippen LogP contribution in [0.15, 0.2) is 29.3 Å². The minimum Gasteiger partial charge on any atom is -0.355 e. The number of hydrogen-bond donors (Lipinski definition) is 3. The van der Waals surface area contributed by atoms with Gasteiger partial charge in [0.2, 0.25) is 0 Å². The van der Waals surface area contributed by atoms with E-state index >= 15 is 0 Å². The van der Waals surface area contributed by atoms with Crippen LogP contribution >= 0.6 is 0 Å². The Morgan fingerprint density at radius 1 is 1.24 bits per heavy atom. The van der Waals surface area contributed by atoms with Crippen LogP contribution in [0.2, 0.25) is 0 Å². The fourth-order valence-corrected chi connectivity index (χ4v) is 2.77. The Balaban J connectivity index is 2.34. The van der Waals surface area contributed by atoms with Gasteiger partial charge in [0, 0.05) is 32.4 Å². The monoisotopic (exact) mass is 372 g/mol. The standard InChI is InChI=1S/C16H25FN4O3S/c1-12(8-11-25(3,23)24)21-16(18-2)20-10-9-19-15(22)13-6-4-5-7-14(13)17/h4-7,12H,8-11H2,1-3H3,(H,19,22)(H2,18,20,21). The zero-order chi connectivity index (χ0) is 18.9. The fraction of sp³-hybridized carbons (Fsp3) is 0.500. The first kappa shape index (κ1) is 20.9. The minimum atomic E-state index is -3.00. The van der Waals surface area contributed by atoms with Crippen molar-refractivity contribution in [2.24, 2.45) is 4.99 Å². The van der Waals surface area contributed by atoms with Crippen molar-refractivity contribution in [3.8, 4) is 0 Å². The number of rotatable bonds is 8. The summed E-state index contributed by atoms with van der Waals surface area (Å²) in [5.41, 5.74) is -0.000552. The third-order valence-corrected chi connectivity index (χ3v) is 4.33. The zero-order valence-electron chi connectivity index (χ0n) is 14.7. The summed E-state index contributed by atoms with van der Waals surface area (Å²) >= 11 is 0. The van der Waals surface area contributed by atoms with E-state index in [4.69, 9.17) is 0 Å². The molecule has 0 aliphatic carbocycles. The van der Waals surface area contributed by atoms with Crippen molar-refractivity contribution in [1.82, 2.24) is 16.0 Å². The van der Waals surface area contributed by atoms with Crippen molar-refractivity contribution in [2.75, 3.05) is 32.1 Å². The highest BCUT2D eigenvalue weighted by atomic mass is 32.2. The molecule has 0 radical (unpaired) electrons. The number of amides is 1. The third kappa shape index (κ3) is 8.48. The second kappa shape index (κ2) is 9.97. The van der Waals surface area contributed by atoms with Crippen molar-refractivity contribution < 1.29 is 17.6 Å². The third-order valence-electron chi connectivity index (χ3n) is 3.35. The molecule has 1 unspecified atom stereocenters. The molecule has 1 amide bonds. The van der Waals surface area contributed by atoms with E-state index in [1.54, 1.807) is 13.1 Å². The lowest BCUT2D eigenvalue weighted by atomic mass is 10.2. The molecular weight excluding hydrogens is 347 g/mol. The molecule has 0 spiro atoms. The van der Waals surface area contributed by atoms with Crippen LogP contribution in [-0.2, 0) is 9.84 Å². The van der Waals surface area contributed by atoms with Gasteiger partial charge in [0.05, 0.1) is 11.3 Å². The van der Waals surface area contributed by atoms with Crippen LogP contribution in [-0.4, -0.2) is 58.5 Å². The number of carbonyl (C=O) groups is 1. The number of benzene rings is 1. The molecule has 0 aliphatic rings. The summed E-state index contributed by atoms with van der Waals surface area (Å²) < 4.78 is 35.8. The Morgan fingerprint density at radius 3 is 2.48 bits per heavy atom. The highest BCUT2D eigenvalue weighted by Crippen LogP contribution is 2.05. The molecule has 1 rings (SSSR count). The van der Waals surface area contributed by atoms with Crippen LogP contribution in [0, 0.1) is 5.82 Å². The second-order valence-electron chi connectivity index (χ2n) is 5.70. The van der Waals surface area contributed by atoms with Crippen LogP contribution in [0.25, 0.3) is 0 Å². The van der Waals surface area contributed by atoms with Crippen molar-refractivity contribution in [3.05, 3.63) is 35.6 Å². The molecule has 3 N–H and O–H groups in total. The molecular formula is C16H25FN4O3S. The van der Waals surface area contributed by atoms with E-state index in [9.17, 15) is 17.6 Å². The van der Waals surface area contributed by atoms with Gasteiger partial charge < -0.3 is 16.0 Å². The van der Waals surface area contributed by atoms with Gasteiger partial charge >= 0.3 is 0 Å². The molecule has 0 saturated heterocycles. The van der Waals surface area contributed by atoms with E-state index in [2.05, 4.69) is 20.9 Å². The minimum absolute atomic E-state index is 0.000552. The van der Waals surface area contributed by atoms with Gasteiger partial charge in [-0.05, 0) is 25.5 Å². The van der Waals surface area contributed by atoms with Crippen LogP contribution < -0.4 is 16.0 Å². The van der Waals surface area contributed by atoms with Gasteiger partial charge in [-0.1, -0.05) is 12.1 Å². The normalized spacial score (nSPS) is 13.2. The maximum atomic E-state index is 13.5. The molecule has 25 heavy (non-hydrogen) atoms. The van der Waals surface area contributed by atoms with E-state index in [1.807, 2.05) is 6.92 Å². The van der Waals surface area contributed by atoms with Crippen LogP contribution in [0.5, 0.6) is 0 Å². The number of guanidine groups is 1. The Labute approximate surface area is 148 Å². The molecule has 0 heterocycles. The van der Waals surface area contributed by atoms with Gasteiger partial charge in [-0.2, -0.15) is 0 Å². The average Bonchev–Trinajstić information content (AvgIpc) is 2.55. The number of aliphatic imine (C=N–C) groups is 1. The summed E-state index contributed by atoms with van der Waals surface area (Å²) in [7, 11) is -1.41. The van der Waals surface area contributed by atoms with Gasteiger partial charge in [-0.15, -0.1) is 0 Å². The van der Waals surface area contributed by atoms with E-state index in [-0.39, 0.29) is 23.9 Å². The summed E-state index contributed by atoms with van der Waals surface area (Å²) in [6, 6.07) is 5.70. The van der Waals surface area contributed by atoms with E-state index < -0.39 is 21.6 Å². The average molecular weight is 372 g/mol. The van der Waals surface area contributed by atoms with Gasteiger partial charge in [-0.25, -0.2) is 12.8 Å². The van der Waals surface area contributed by atoms with Crippen molar-refractivity contribution >= 4 is 21.7 Å². The van der Waals surface area contributed by atoms with Gasteiger partial charge in [0.25, 0.3) is 5.91 Å². The molecule has 0 fully saturated rings. The summed E-state index contributed by atoms with van der Waals surface area (Å²) in [6.45, 7) is 2.53. The van der Waals surface area contributed by atoms with E-state index in [1.165, 1.54) is 24.5 Å². The molecule has 0 bridgehead atoms. The number of nitrogens with one attached hydrogen (secondary N) is 3. The molecule has 140 valence electrons. The Morgan fingerprint density at radius 2 is 1.88 bits per heavy atom. The topological polar surface area (TPSA) is 99.7 Å². The summed E-state index contributed by atoms with van der Waals surface area (Å²) in [4.78, 5) is 15.9. The molecule has 9 heteroatoms. The van der Waals surface area contributed by atoms with Crippen LogP contribution in [0.3, 0.4) is 0 Å². The lowest BCUT2D eigenvalue weighted by Crippen LogP contribution is -2.45. The number of sulfone groups is 1. The second-order valence-corrected chi connectivity index (χ2v) is 7.96. The predicted octanol–water partition coefficient (Wildman–Crippen LogP) is 0.544. The fourth-order valence-electron chi connectivity index (χ4n) is 1.99. The Bertz CT molecular complexity index is 707. The lowest BCUT2D eigenvalue weighted by Gasteiger charge is -2.17. The smallest absolute Gasteiger partial charge is 0.254 e. The maximum Gasteiger partial charge on any atom is 0.254 e. The van der Waals surface area contributed by atoms with Crippen molar-refractivity contribution in [2.45, 2.75) is 19.4 Å². The van der Waals surface area contributed by atoms with Crippen LogP contribution in [0.1, 0.15) is 23.7 Å². The summed E-state index contributed by atoms with van der Waals surface area (Å²) in [5, 5.41) is 8.68. The molecule has 0 aromatic heterocycles. The van der Waals surface area contributed by atoms with Gasteiger partial charge in [-0.3, -0.25) is 9.79 Å². The summed E-state index contributed by atoms with van der Waals surface area (Å²) in [6.07, 6.45) is 1.66. The molecule has 7 nitrogen and oxygen atoms in total. The number of hydrogen-bond acceptors (Lipinski definition) is 4. The largest absolute Gasteiger partial charge is 0.355 e. The summed E-state index contributed by atoms with van der Waals surface area (Å²) in [5.74, 6) is -0.452. The molecule has 1 atom stereocenters. The first-order valence-electron chi connectivity index (χ1n) is 7.90. The van der Waals surface area contributed by atoms with Gasteiger partial charge in [0.1, 0.15) is 15.7 Å². The Kier molecular flexibility index (Phi) is 8.33. The SMILES string of the molecule is CN=C(NCCNC(=O)c1ccccc1F)NC(C)CCS(C)(=O)=O. The number of carbonyl (C=O) groups excluding carboxylic acids is 1. The highest BCUT2D eigenvalue weighted by molar-refractivity contribution is 7.90. The Hall–Kier alpha value is -2.16. The molecule has 0 saturated carbocycles. The van der Waals surface area contributed by atoms with Gasteiger partial charge in [0.15, 0.2) is 5.96 Å². The highest BCUT2D eigenvalue weighted by Gasteiger charge is 2.11. The first-order chi connectivity index (χ1) is 11.7. The molecule has 1 aromatic carbocycles. The van der Waals surface area contributed by atoms with E-state index in [0.29, 0.717) is 18.9 Å². The predicted molar refractivity (Wildman–Crippen MR) is 97.0 cm³/mol. The van der Waals surface area contributed by atoms with Crippen LogP contribution in [0.4, 0.5) is 4.39 Å². The molecule has 0 aliphatic heterocycles. The molecule has 1 aromatic rings. The number of halogens is 1. The van der Waals surface area contributed by atoms with Crippen molar-refractivity contribution in [1.29, 1.82) is 0 Å². The lowest BCUT2D eigenvalue weighted by molar-refractivity contribution is 0.0950. The first-order valence-corrected chi connectivity index (χ1v) is 9.96. The maximum absolute atomic E-state index is 13.5. The zero-order valence-corrected chi connectivity index (χ0v) is 15.5. The van der Waals surface area contributed by atoms with Crippen molar-refractivity contribution in [3.63, 3.8) is 0 Å². The number of nitrogens with zero attached hydrogens (tertiary/aromatic N) is 1. The quantitative estimate of drug-likeness (QED) is 0.351.